The van der Waals surface area contributed by atoms with Crippen LogP contribution in [0.2, 0.25) is 0 Å². The molecule has 0 aromatic carbocycles. The Hall–Kier alpha value is -1.36. The zero-order valence-electron chi connectivity index (χ0n) is 12.2. The van der Waals surface area contributed by atoms with Crippen LogP contribution in [0.3, 0.4) is 0 Å². The average Bonchev–Trinajstić information content (AvgIpc) is 2.79. The van der Waals surface area contributed by atoms with E-state index in [0.717, 1.165) is 44.2 Å². The number of nitrogens with one attached hydrogen (secondary N) is 2. The largest absolute Gasteiger partial charge is 0.396 e. The van der Waals surface area contributed by atoms with Crippen molar-refractivity contribution < 1.29 is 9.90 Å². The lowest BCUT2D eigenvalue weighted by Crippen LogP contribution is -2.41. The van der Waals surface area contributed by atoms with Gasteiger partial charge >= 0.3 is 0 Å². The zero-order valence-corrected chi connectivity index (χ0v) is 12.2. The molecule has 0 unspecified atom stereocenters. The summed E-state index contributed by atoms with van der Waals surface area (Å²) in [7, 11) is 0. The maximum Gasteiger partial charge on any atom is 0.272 e. The van der Waals surface area contributed by atoms with Crippen molar-refractivity contribution in [2.24, 2.45) is 5.92 Å². The highest BCUT2D eigenvalue weighted by atomic mass is 16.3. The summed E-state index contributed by atoms with van der Waals surface area (Å²) in [5.41, 5.74) is 1.45. The van der Waals surface area contributed by atoms with Gasteiger partial charge in [-0.1, -0.05) is 32.6 Å². The SMILES string of the molecule is CCCc1cc(C(=O)N[C@H]2CCCCC[C@H]2CO)n[nH]1. The van der Waals surface area contributed by atoms with Crippen molar-refractivity contribution in [2.45, 2.75) is 57.9 Å². The van der Waals surface area contributed by atoms with E-state index in [1.165, 1.54) is 6.42 Å². The van der Waals surface area contributed by atoms with E-state index in [-0.39, 0.29) is 24.5 Å². The first-order chi connectivity index (χ1) is 9.74. The Morgan fingerprint density at radius 1 is 1.45 bits per heavy atom. The van der Waals surface area contributed by atoms with Crippen LogP contribution in [0.1, 0.15) is 61.6 Å². The molecule has 1 aliphatic carbocycles. The van der Waals surface area contributed by atoms with Crippen molar-refractivity contribution in [3.63, 3.8) is 0 Å². The Bertz CT molecular complexity index is 431. The molecule has 0 aliphatic heterocycles. The predicted octanol–water partition coefficient (Wildman–Crippen LogP) is 2.03. The molecule has 2 rings (SSSR count). The average molecular weight is 279 g/mol. The summed E-state index contributed by atoms with van der Waals surface area (Å²) in [5.74, 6) is 0.0458. The summed E-state index contributed by atoms with van der Waals surface area (Å²) in [6, 6.07) is 1.89. The summed E-state index contributed by atoms with van der Waals surface area (Å²) in [4.78, 5) is 12.2. The second-order valence-corrected chi connectivity index (χ2v) is 5.69. The summed E-state index contributed by atoms with van der Waals surface area (Å²) in [5, 5.41) is 19.5. The van der Waals surface area contributed by atoms with Gasteiger partial charge in [-0.2, -0.15) is 5.10 Å². The van der Waals surface area contributed by atoms with E-state index in [1.807, 2.05) is 6.07 Å². The number of carbonyl (C=O) groups is 1. The van der Waals surface area contributed by atoms with E-state index >= 15 is 0 Å². The molecule has 2 atom stereocenters. The maximum atomic E-state index is 12.2. The fraction of sp³-hybridized carbons (Fsp3) is 0.733. The first-order valence-electron chi connectivity index (χ1n) is 7.70. The molecule has 112 valence electrons. The molecular formula is C15H25N3O2. The van der Waals surface area contributed by atoms with Gasteiger partial charge in [-0.25, -0.2) is 0 Å². The molecule has 0 spiro atoms. The highest BCUT2D eigenvalue weighted by Crippen LogP contribution is 2.23. The Kier molecular flexibility index (Phi) is 5.59. The van der Waals surface area contributed by atoms with Crippen LogP contribution in [0.5, 0.6) is 0 Å². The van der Waals surface area contributed by atoms with Crippen LogP contribution in [-0.2, 0) is 6.42 Å². The lowest BCUT2D eigenvalue weighted by Gasteiger charge is -2.24. The number of aromatic nitrogens is 2. The standard InChI is InChI=1S/C15H25N3O2/c1-2-6-12-9-14(18-17-12)15(20)16-13-8-5-3-4-7-11(13)10-19/h9,11,13,19H,2-8,10H2,1H3,(H,16,20)(H,17,18)/t11-,13-/m0/s1. The normalized spacial score (nSPS) is 23.3. The van der Waals surface area contributed by atoms with E-state index in [2.05, 4.69) is 22.4 Å². The topological polar surface area (TPSA) is 78.0 Å². The minimum atomic E-state index is -0.131. The van der Waals surface area contributed by atoms with Crippen LogP contribution >= 0.6 is 0 Å². The second-order valence-electron chi connectivity index (χ2n) is 5.69. The summed E-state index contributed by atoms with van der Waals surface area (Å²) in [6.45, 7) is 2.24. The van der Waals surface area contributed by atoms with Crippen molar-refractivity contribution in [3.8, 4) is 0 Å². The first kappa shape index (κ1) is 15.0. The van der Waals surface area contributed by atoms with Crippen molar-refractivity contribution in [2.75, 3.05) is 6.61 Å². The minimum Gasteiger partial charge on any atom is -0.396 e. The number of amides is 1. The van der Waals surface area contributed by atoms with Crippen molar-refractivity contribution in [3.05, 3.63) is 17.5 Å². The predicted molar refractivity (Wildman–Crippen MR) is 77.5 cm³/mol. The molecule has 5 heteroatoms. The summed E-state index contributed by atoms with van der Waals surface area (Å²) >= 11 is 0. The Balaban J connectivity index is 1.97. The van der Waals surface area contributed by atoms with Gasteiger partial charge in [0.15, 0.2) is 0 Å². The molecule has 5 nitrogen and oxygen atoms in total. The smallest absolute Gasteiger partial charge is 0.272 e. The van der Waals surface area contributed by atoms with E-state index < -0.39 is 0 Å². The highest BCUT2D eigenvalue weighted by Gasteiger charge is 2.25. The van der Waals surface area contributed by atoms with Gasteiger partial charge in [0.2, 0.25) is 0 Å². The molecule has 1 aliphatic rings. The van der Waals surface area contributed by atoms with Gasteiger partial charge in [0, 0.05) is 24.3 Å². The number of rotatable bonds is 5. The number of aromatic amines is 1. The van der Waals surface area contributed by atoms with Crippen LogP contribution in [0.15, 0.2) is 6.07 Å². The van der Waals surface area contributed by atoms with Gasteiger partial charge in [-0.15, -0.1) is 0 Å². The maximum absolute atomic E-state index is 12.2. The van der Waals surface area contributed by atoms with Gasteiger partial charge < -0.3 is 10.4 Å². The molecule has 1 saturated carbocycles. The van der Waals surface area contributed by atoms with Gasteiger partial charge in [-0.05, 0) is 25.3 Å². The fourth-order valence-electron chi connectivity index (χ4n) is 2.91. The number of H-pyrrole nitrogens is 1. The van der Waals surface area contributed by atoms with E-state index in [4.69, 9.17) is 0 Å². The van der Waals surface area contributed by atoms with Crippen LogP contribution in [0.25, 0.3) is 0 Å². The molecule has 0 radical (unpaired) electrons. The van der Waals surface area contributed by atoms with E-state index in [9.17, 15) is 9.90 Å². The Morgan fingerprint density at radius 3 is 3.00 bits per heavy atom. The lowest BCUT2D eigenvalue weighted by molar-refractivity contribution is 0.0894. The number of aliphatic hydroxyl groups is 1. The number of hydrogen-bond acceptors (Lipinski definition) is 3. The van der Waals surface area contributed by atoms with Gasteiger partial charge in [0.05, 0.1) is 0 Å². The third kappa shape index (κ3) is 3.82. The van der Waals surface area contributed by atoms with Crippen LogP contribution in [0, 0.1) is 5.92 Å². The van der Waals surface area contributed by atoms with E-state index in [0.29, 0.717) is 5.69 Å². The molecule has 20 heavy (non-hydrogen) atoms. The van der Waals surface area contributed by atoms with Crippen LogP contribution < -0.4 is 5.32 Å². The number of aliphatic hydroxyl groups excluding tert-OH is 1. The lowest BCUT2D eigenvalue weighted by atomic mass is 9.95. The molecule has 1 heterocycles. The molecular weight excluding hydrogens is 254 g/mol. The molecule has 3 N–H and O–H groups in total. The third-order valence-corrected chi connectivity index (χ3v) is 4.09. The van der Waals surface area contributed by atoms with Gasteiger partial charge in [0.25, 0.3) is 5.91 Å². The third-order valence-electron chi connectivity index (χ3n) is 4.09. The molecule has 1 aromatic rings. The van der Waals surface area contributed by atoms with Crippen molar-refractivity contribution >= 4 is 5.91 Å². The van der Waals surface area contributed by atoms with Gasteiger partial charge in [0.1, 0.15) is 5.69 Å². The molecule has 1 aromatic heterocycles. The van der Waals surface area contributed by atoms with E-state index in [1.54, 1.807) is 0 Å². The summed E-state index contributed by atoms with van der Waals surface area (Å²) in [6.07, 6.45) is 7.31. The summed E-state index contributed by atoms with van der Waals surface area (Å²) < 4.78 is 0. The number of hydrogen-bond donors (Lipinski definition) is 3. The zero-order chi connectivity index (χ0) is 14.4. The second kappa shape index (κ2) is 7.43. The van der Waals surface area contributed by atoms with Crippen LogP contribution in [0.4, 0.5) is 0 Å². The number of nitrogens with zero attached hydrogens (tertiary/aromatic N) is 1. The molecule has 1 fully saturated rings. The molecule has 1 amide bonds. The van der Waals surface area contributed by atoms with Gasteiger partial charge in [-0.3, -0.25) is 9.89 Å². The minimum absolute atomic E-state index is 0.0707. The monoisotopic (exact) mass is 279 g/mol. The van der Waals surface area contributed by atoms with Crippen molar-refractivity contribution in [1.29, 1.82) is 0 Å². The first-order valence-corrected chi connectivity index (χ1v) is 7.70. The highest BCUT2D eigenvalue weighted by molar-refractivity contribution is 5.92. The Labute approximate surface area is 120 Å². The Morgan fingerprint density at radius 2 is 2.25 bits per heavy atom. The fourth-order valence-corrected chi connectivity index (χ4v) is 2.91. The molecule has 0 saturated heterocycles. The quantitative estimate of drug-likeness (QED) is 0.722. The van der Waals surface area contributed by atoms with Crippen molar-refractivity contribution in [1.82, 2.24) is 15.5 Å². The number of aryl methyl sites for hydroxylation is 1. The number of carbonyl (C=O) groups excluding carboxylic acids is 1. The molecule has 0 bridgehead atoms. The van der Waals surface area contributed by atoms with Crippen LogP contribution in [-0.4, -0.2) is 33.9 Å².